The van der Waals surface area contributed by atoms with Gasteiger partial charge in [0.25, 0.3) is 0 Å². The smallest absolute Gasteiger partial charge is 0.309 e. The van der Waals surface area contributed by atoms with Crippen LogP contribution in [0.1, 0.15) is 63.4 Å². The molecule has 1 saturated carbocycles. The minimum absolute atomic E-state index is 0.108. The van der Waals surface area contributed by atoms with Crippen LogP contribution in [-0.4, -0.2) is 47.8 Å². The zero-order chi connectivity index (χ0) is 20.7. The van der Waals surface area contributed by atoms with E-state index in [0.717, 1.165) is 12.8 Å². The Bertz CT molecular complexity index is 673. The first-order chi connectivity index (χ1) is 13.4. The summed E-state index contributed by atoms with van der Waals surface area (Å²) in [6, 6.07) is 1.46. The first-order valence-electron chi connectivity index (χ1n) is 9.94. The molecule has 28 heavy (non-hydrogen) atoms. The number of carbonyl (C=O) groups is 2. The van der Waals surface area contributed by atoms with Crippen molar-refractivity contribution in [1.82, 2.24) is 4.98 Å². The summed E-state index contributed by atoms with van der Waals surface area (Å²) in [6.45, 7) is 6.23. The summed E-state index contributed by atoms with van der Waals surface area (Å²) >= 11 is 0. The first kappa shape index (κ1) is 22.1. The molecule has 0 bridgehead atoms. The molecule has 1 heterocycles. The standard InChI is InChI=1S/C21H31NO6/c1-5-6-17(27-12-15-7-8-15)14(3)28-21(25)13(2)11-16(23)19-20(24)18(26-4)9-10-22-19/h9-10,13-15,17,24H,5-8,11-12H2,1-4H3/t13-,14+,17-/m1/s1. The van der Waals surface area contributed by atoms with Gasteiger partial charge in [0.2, 0.25) is 0 Å². The number of methoxy groups -OCH3 is 1. The van der Waals surface area contributed by atoms with E-state index >= 15 is 0 Å². The van der Waals surface area contributed by atoms with Crippen molar-refractivity contribution in [3.05, 3.63) is 18.0 Å². The molecule has 0 spiro atoms. The number of nitrogens with zero attached hydrogens (tertiary/aromatic N) is 1. The van der Waals surface area contributed by atoms with Gasteiger partial charge in [0.15, 0.2) is 23.0 Å². The lowest BCUT2D eigenvalue weighted by Crippen LogP contribution is -2.33. The molecule has 0 radical (unpaired) electrons. The number of Topliss-reactive ketones (excluding diaryl/α,β-unsaturated/α-hetero) is 1. The average Bonchev–Trinajstić information content (AvgIpc) is 3.49. The van der Waals surface area contributed by atoms with Gasteiger partial charge in [-0.05, 0) is 32.1 Å². The number of hydrogen-bond donors (Lipinski definition) is 1. The van der Waals surface area contributed by atoms with E-state index in [1.807, 2.05) is 6.92 Å². The molecule has 1 aliphatic rings. The summed E-state index contributed by atoms with van der Waals surface area (Å²) in [7, 11) is 1.39. The number of carbonyl (C=O) groups excluding carboxylic acids is 2. The summed E-state index contributed by atoms with van der Waals surface area (Å²) in [6.07, 6.45) is 4.91. The van der Waals surface area contributed by atoms with Crippen LogP contribution in [0.2, 0.25) is 0 Å². The van der Waals surface area contributed by atoms with Crippen LogP contribution in [-0.2, 0) is 14.3 Å². The minimum Gasteiger partial charge on any atom is -0.503 e. The van der Waals surface area contributed by atoms with Crippen LogP contribution in [0.15, 0.2) is 12.3 Å². The van der Waals surface area contributed by atoms with Gasteiger partial charge in [-0.15, -0.1) is 0 Å². The molecule has 3 atom stereocenters. The highest BCUT2D eigenvalue weighted by molar-refractivity contribution is 5.99. The molecule has 1 aliphatic carbocycles. The third-order valence-electron chi connectivity index (χ3n) is 4.91. The third-order valence-corrected chi connectivity index (χ3v) is 4.91. The van der Waals surface area contributed by atoms with Gasteiger partial charge in [-0.3, -0.25) is 9.59 Å². The predicted octanol–water partition coefficient (Wildman–Crippen LogP) is 3.53. The molecular formula is C21H31NO6. The predicted molar refractivity (Wildman–Crippen MR) is 103 cm³/mol. The number of aromatic hydroxyl groups is 1. The number of ketones is 1. The van der Waals surface area contributed by atoms with Crippen molar-refractivity contribution in [2.75, 3.05) is 13.7 Å². The fraction of sp³-hybridized carbons (Fsp3) is 0.667. The zero-order valence-corrected chi connectivity index (χ0v) is 17.1. The maximum atomic E-state index is 12.4. The molecule has 0 aromatic carbocycles. The van der Waals surface area contributed by atoms with E-state index in [0.29, 0.717) is 12.5 Å². The maximum absolute atomic E-state index is 12.4. The van der Waals surface area contributed by atoms with E-state index in [2.05, 4.69) is 11.9 Å². The largest absolute Gasteiger partial charge is 0.503 e. The van der Waals surface area contributed by atoms with Gasteiger partial charge in [0.1, 0.15) is 6.10 Å². The van der Waals surface area contributed by atoms with E-state index in [9.17, 15) is 14.7 Å². The Morgan fingerprint density at radius 2 is 2.04 bits per heavy atom. The fourth-order valence-electron chi connectivity index (χ4n) is 2.92. The van der Waals surface area contributed by atoms with Crippen molar-refractivity contribution in [3.8, 4) is 11.5 Å². The lowest BCUT2D eigenvalue weighted by molar-refractivity contribution is -0.161. The Labute approximate surface area is 166 Å². The van der Waals surface area contributed by atoms with Crippen molar-refractivity contribution in [1.29, 1.82) is 0 Å². The summed E-state index contributed by atoms with van der Waals surface area (Å²) < 4.78 is 16.5. The van der Waals surface area contributed by atoms with Gasteiger partial charge in [-0.25, -0.2) is 4.98 Å². The highest BCUT2D eigenvalue weighted by Crippen LogP contribution is 2.31. The summed E-state index contributed by atoms with van der Waals surface area (Å²) in [5.74, 6) is -1.07. The molecule has 7 nitrogen and oxygen atoms in total. The van der Waals surface area contributed by atoms with Gasteiger partial charge in [-0.1, -0.05) is 20.3 Å². The van der Waals surface area contributed by atoms with Crippen LogP contribution in [0.3, 0.4) is 0 Å². The molecule has 0 saturated heterocycles. The Kier molecular flexibility index (Phi) is 8.23. The lowest BCUT2D eigenvalue weighted by atomic mass is 10.0. The zero-order valence-electron chi connectivity index (χ0n) is 17.1. The lowest BCUT2D eigenvalue weighted by Gasteiger charge is -2.25. The van der Waals surface area contributed by atoms with Gasteiger partial charge in [0.05, 0.1) is 19.1 Å². The van der Waals surface area contributed by atoms with E-state index in [4.69, 9.17) is 14.2 Å². The molecule has 1 N–H and O–H groups in total. The van der Waals surface area contributed by atoms with Crippen molar-refractivity contribution < 1.29 is 28.9 Å². The fourth-order valence-corrected chi connectivity index (χ4v) is 2.92. The molecule has 0 amide bonds. The molecular weight excluding hydrogens is 362 g/mol. The first-order valence-corrected chi connectivity index (χ1v) is 9.94. The van der Waals surface area contributed by atoms with Crippen LogP contribution in [0, 0.1) is 11.8 Å². The molecule has 7 heteroatoms. The Balaban J connectivity index is 1.90. The number of pyridine rings is 1. The van der Waals surface area contributed by atoms with Crippen LogP contribution >= 0.6 is 0 Å². The average molecular weight is 393 g/mol. The van der Waals surface area contributed by atoms with E-state index < -0.39 is 17.7 Å². The Morgan fingerprint density at radius 1 is 1.32 bits per heavy atom. The molecule has 0 unspecified atom stereocenters. The van der Waals surface area contributed by atoms with Crippen molar-refractivity contribution in [2.24, 2.45) is 11.8 Å². The SMILES string of the molecule is CCC[C@@H](OCC1CC1)[C@H](C)OC(=O)[C@H](C)CC(=O)c1nccc(OC)c1O. The molecule has 1 fully saturated rings. The second-order valence-electron chi connectivity index (χ2n) is 7.48. The summed E-state index contributed by atoms with van der Waals surface area (Å²) in [5, 5.41) is 10.1. The summed E-state index contributed by atoms with van der Waals surface area (Å²) in [5.41, 5.74) is -0.108. The van der Waals surface area contributed by atoms with Crippen LogP contribution in [0.5, 0.6) is 11.5 Å². The quantitative estimate of drug-likeness (QED) is 0.429. The Hall–Kier alpha value is -2.15. The molecule has 2 rings (SSSR count). The molecule has 0 aliphatic heterocycles. The monoisotopic (exact) mass is 393 g/mol. The van der Waals surface area contributed by atoms with Gasteiger partial charge in [0, 0.05) is 25.3 Å². The second-order valence-corrected chi connectivity index (χ2v) is 7.48. The minimum atomic E-state index is -0.659. The second kappa shape index (κ2) is 10.4. The van der Waals surface area contributed by atoms with Crippen LogP contribution in [0.25, 0.3) is 0 Å². The van der Waals surface area contributed by atoms with Gasteiger partial charge >= 0.3 is 5.97 Å². The van der Waals surface area contributed by atoms with Gasteiger partial charge in [-0.2, -0.15) is 0 Å². The molecule has 156 valence electrons. The van der Waals surface area contributed by atoms with Crippen molar-refractivity contribution in [2.45, 2.75) is 65.1 Å². The van der Waals surface area contributed by atoms with Crippen LogP contribution < -0.4 is 4.74 Å². The molecule has 1 aromatic heterocycles. The molecule has 1 aromatic rings. The van der Waals surface area contributed by atoms with Crippen molar-refractivity contribution in [3.63, 3.8) is 0 Å². The number of esters is 1. The maximum Gasteiger partial charge on any atom is 0.309 e. The topological polar surface area (TPSA) is 95.0 Å². The normalized spacial score (nSPS) is 16.9. The third kappa shape index (κ3) is 6.19. The summed E-state index contributed by atoms with van der Waals surface area (Å²) in [4.78, 5) is 28.8. The highest BCUT2D eigenvalue weighted by atomic mass is 16.6. The number of aromatic nitrogens is 1. The van der Waals surface area contributed by atoms with E-state index in [1.165, 1.54) is 32.2 Å². The van der Waals surface area contributed by atoms with E-state index in [1.54, 1.807) is 6.92 Å². The highest BCUT2D eigenvalue weighted by Gasteiger charge is 2.29. The number of hydrogen-bond acceptors (Lipinski definition) is 7. The van der Waals surface area contributed by atoms with Gasteiger partial charge < -0.3 is 19.3 Å². The van der Waals surface area contributed by atoms with E-state index in [-0.39, 0.29) is 35.8 Å². The number of rotatable bonds is 12. The van der Waals surface area contributed by atoms with Crippen molar-refractivity contribution >= 4 is 11.8 Å². The Morgan fingerprint density at radius 3 is 2.64 bits per heavy atom. The van der Waals surface area contributed by atoms with Crippen LogP contribution in [0.4, 0.5) is 0 Å². The number of ether oxygens (including phenoxy) is 3.